The Morgan fingerprint density at radius 2 is 1.88 bits per heavy atom. The molecule has 17 heavy (non-hydrogen) atoms. The second-order valence-electron chi connectivity index (χ2n) is 5.56. The lowest BCUT2D eigenvalue weighted by atomic mass is 9.87. The van der Waals surface area contributed by atoms with Crippen molar-refractivity contribution in [3.05, 3.63) is 23.8 Å². The number of unbranched alkanes of at least 4 members (excludes halogenated alkanes) is 2. The summed E-state index contributed by atoms with van der Waals surface area (Å²) in [5.41, 5.74) is 8.13. The zero-order chi connectivity index (χ0) is 12.9. The zero-order valence-electron chi connectivity index (χ0n) is 11.5. The molecule has 0 heterocycles. The molecular formula is C15H25NO. The predicted molar refractivity (Wildman–Crippen MR) is 74.6 cm³/mol. The predicted octanol–water partition coefficient (Wildman–Crippen LogP) is 4.14. The molecule has 1 aromatic carbocycles. The van der Waals surface area contributed by atoms with E-state index in [-0.39, 0.29) is 5.41 Å². The summed E-state index contributed by atoms with van der Waals surface area (Å²) in [6.45, 7) is 9.50. The maximum absolute atomic E-state index is 6.01. The Labute approximate surface area is 105 Å². The standard InChI is InChI=1S/C15H25NO/c1-5-6-7-10-17-14-9-8-12(11-13(14)16)15(2,3)4/h8-9,11H,5-7,10,16H2,1-4H3. The van der Waals surface area contributed by atoms with E-state index in [1.165, 1.54) is 18.4 Å². The molecule has 1 rings (SSSR count). The van der Waals surface area contributed by atoms with Gasteiger partial charge in [-0.15, -0.1) is 0 Å². The molecule has 0 saturated heterocycles. The second-order valence-corrected chi connectivity index (χ2v) is 5.56. The maximum Gasteiger partial charge on any atom is 0.142 e. The lowest BCUT2D eigenvalue weighted by molar-refractivity contribution is 0.307. The number of ether oxygens (including phenoxy) is 1. The molecule has 0 bridgehead atoms. The summed E-state index contributed by atoms with van der Waals surface area (Å²) in [6, 6.07) is 6.11. The molecule has 1 aromatic rings. The van der Waals surface area contributed by atoms with Crippen LogP contribution in [0.15, 0.2) is 18.2 Å². The van der Waals surface area contributed by atoms with Crippen LogP contribution in [0, 0.1) is 0 Å². The van der Waals surface area contributed by atoms with Crippen molar-refractivity contribution in [2.75, 3.05) is 12.3 Å². The van der Waals surface area contributed by atoms with Crippen LogP contribution in [-0.4, -0.2) is 6.61 Å². The van der Waals surface area contributed by atoms with E-state index in [0.29, 0.717) is 0 Å². The molecule has 0 aromatic heterocycles. The Morgan fingerprint density at radius 1 is 1.18 bits per heavy atom. The highest BCUT2D eigenvalue weighted by molar-refractivity contribution is 5.55. The van der Waals surface area contributed by atoms with Crippen LogP contribution in [0.3, 0.4) is 0 Å². The smallest absolute Gasteiger partial charge is 0.142 e. The van der Waals surface area contributed by atoms with Crippen molar-refractivity contribution in [1.29, 1.82) is 0 Å². The van der Waals surface area contributed by atoms with E-state index in [9.17, 15) is 0 Å². The summed E-state index contributed by atoms with van der Waals surface area (Å²) >= 11 is 0. The Balaban J connectivity index is 2.64. The molecule has 0 aliphatic heterocycles. The van der Waals surface area contributed by atoms with Crippen LogP contribution < -0.4 is 10.5 Å². The minimum Gasteiger partial charge on any atom is -0.491 e. The fraction of sp³-hybridized carbons (Fsp3) is 0.600. The molecule has 2 heteroatoms. The molecule has 0 radical (unpaired) electrons. The monoisotopic (exact) mass is 235 g/mol. The quantitative estimate of drug-likeness (QED) is 0.615. The van der Waals surface area contributed by atoms with Crippen molar-refractivity contribution < 1.29 is 4.74 Å². The van der Waals surface area contributed by atoms with Crippen molar-refractivity contribution in [2.45, 2.75) is 52.4 Å². The van der Waals surface area contributed by atoms with Gasteiger partial charge in [-0.25, -0.2) is 0 Å². The first-order valence-electron chi connectivity index (χ1n) is 6.48. The van der Waals surface area contributed by atoms with Crippen LogP contribution >= 0.6 is 0 Å². The average Bonchev–Trinajstić information content (AvgIpc) is 2.24. The summed E-state index contributed by atoms with van der Waals surface area (Å²) in [7, 11) is 0. The summed E-state index contributed by atoms with van der Waals surface area (Å²) in [5.74, 6) is 0.814. The number of hydrogen-bond donors (Lipinski definition) is 1. The van der Waals surface area contributed by atoms with Crippen molar-refractivity contribution in [3.63, 3.8) is 0 Å². The van der Waals surface area contributed by atoms with Gasteiger partial charge in [-0.05, 0) is 29.5 Å². The first kappa shape index (κ1) is 13.9. The van der Waals surface area contributed by atoms with Gasteiger partial charge >= 0.3 is 0 Å². The Bertz CT molecular complexity index is 352. The molecule has 0 fully saturated rings. The van der Waals surface area contributed by atoms with Gasteiger partial charge in [0.25, 0.3) is 0 Å². The Hall–Kier alpha value is -1.18. The number of rotatable bonds is 5. The highest BCUT2D eigenvalue weighted by Crippen LogP contribution is 2.29. The molecule has 0 aliphatic carbocycles. The molecule has 0 amide bonds. The maximum atomic E-state index is 6.01. The topological polar surface area (TPSA) is 35.2 Å². The van der Waals surface area contributed by atoms with E-state index in [0.717, 1.165) is 24.5 Å². The van der Waals surface area contributed by atoms with Crippen molar-refractivity contribution in [1.82, 2.24) is 0 Å². The molecule has 0 spiro atoms. The van der Waals surface area contributed by atoms with Crippen molar-refractivity contribution in [3.8, 4) is 5.75 Å². The van der Waals surface area contributed by atoms with Crippen LogP contribution in [0.5, 0.6) is 5.75 Å². The van der Waals surface area contributed by atoms with Crippen LogP contribution in [-0.2, 0) is 5.41 Å². The van der Waals surface area contributed by atoms with E-state index in [1.54, 1.807) is 0 Å². The highest BCUT2D eigenvalue weighted by atomic mass is 16.5. The van der Waals surface area contributed by atoms with Gasteiger partial charge in [0.2, 0.25) is 0 Å². The third kappa shape index (κ3) is 4.29. The van der Waals surface area contributed by atoms with Crippen LogP contribution in [0.4, 0.5) is 5.69 Å². The van der Waals surface area contributed by atoms with Gasteiger partial charge in [-0.1, -0.05) is 46.6 Å². The summed E-state index contributed by atoms with van der Waals surface area (Å²) in [5, 5.41) is 0. The fourth-order valence-corrected chi connectivity index (χ4v) is 1.68. The van der Waals surface area contributed by atoms with Crippen molar-refractivity contribution in [2.24, 2.45) is 0 Å². The van der Waals surface area contributed by atoms with E-state index in [1.807, 2.05) is 12.1 Å². The zero-order valence-corrected chi connectivity index (χ0v) is 11.5. The molecule has 0 unspecified atom stereocenters. The van der Waals surface area contributed by atoms with Gasteiger partial charge < -0.3 is 10.5 Å². The van der Waals surface area contributed by atoms with Crippen LogP contribution in [0.2, 0.25) is 0 Å². The number of benzene rings is 1. The van der Waals surface area contributed by atoms with E-state index < -0.39 is 0 Å². The molecule has 96 valence electrons. The van der Waals surface area contributed by atoms with Gasteiger partial charge in [-0.2, -0.15) is 0 Å². The first-order valence-corrected chi connectivity index (χ1v) is 6.48. The number of nitrogen functional groups attached to an aromatic ring is 1. The van der Waals surface area contributed by atoms with Gasteiger partial charge in [0, 0.05) is 0 Å². The Morgan fingerprint density at radius 3 is 2.41 bits per heavy atom. The SMILES string of the molecule is CCCCCOc1ccc(C(C)(C)C)cc1N. The minimum absolute atomic E-state index is 0.134. The van der Waals surface area contributed by atoms with Crippen molar-refractivity contribution >= 4 is 5.69 Å². The lowest BCUT2D eigenvalue weighted by Crippen LogP contribution is -2.11. The lowest BCUT2D eigenvalue weighted by Gasteiger charge is -2.20. The third-order valence-corrected chi connectivity index (χ3v) is 2.88. The summed E-state index contributed by atoms with van der Waals surface area (Å²) in [4.78, 5) is 0. The number of nitrogens with two attached hydrogens (primary N) is 1. The van der Waals surface area contributed by atoms with Gasteiger partial charge in [0.1, 0.15) is 5.75 Å². The third-order valence-electron chi connectivity index (χ3n) is 2.88. The average molecular weight is 235 g/mol. The number of hydrogen-bond acceptors (Lipinski definition) is 2. The molecule has 0 saturated carbocycles. The van der Waals surface area contributed by atoms with Gasteiger partial charge in [0.05, 0.1) is 12.3 Å². The van der Waals surface area contributed by atoms with E-state index in [4.69, 9.17) is 10.5 Å². The number of anilines is 1. The minimum atomic E-state index is 0.134. The molecule has 0 aliphatic rings. The van der Waals surface area contributed by atoms with E-state index >= 15 is 0 Å². The van der Waals surface area contributed by atoms with Gasteiger partial charge in [0.15, 0.2) is 0 Å². The molecule has 2 N–H and O–H groups in total. The first-order chi connectivity index (χ1) is 7.95. The summed E-state index contributed by atoms with van der Waals surface area (Å²) < 4.78 is 5.68. The highest BCUT2D eigenvalue weighted by Gasteiger charge is 2.14. The fourth-order valence-electron chi connectivity index (χ4n) is 1.68. The van der Waals surface area contributed by atoms with Gasteiger partial charge in [-0.3, -0.25) is 0 Å². The van der Waals surface area contributed by atoms with Crippen LogP contribution in [0.1, 0.15) is 52.5 Å². The Kier molecular flexibility index (Phi) is 4.86. The molecular weight excluding hydrogens is 210 g/mol. The normalized spacial score (nSPS) is 11.5. The van der Waals surface area contributed by atoms with E-state index in [2.05, 4.69) is 33.8 Å². The van der Waals surface area contributed by atoms with Crippen LogP contribution in [0.25, 0.3) is 0 Å². The molecule has 2 nitrogen and oxygen atoms in total. The summed E-state index contributed by atoms with van der Waals surface area (Å²) in [6.07, 6.45) is 3.51. The second kappa shape index (κ2) is 5.95. The molecule has 0 atom stereocenters. The largest absolute Gasteiger partial charge is 0.491 e.